The molecule has 0 spiro atoms. The van der Waals surface area contributed by atoms with Gasteiger partial charge < -0.3 is 10.1 Å². The maximum Gasteiger partial charge on any atom is 0.202 e. The summed E-state index contributed by atoms with van der Waals surface area (Å²) >= 11 is 1.38. The second-order valence-electron chi connectivity index (χ2n) is 3.69. The van der Waals surface area contributed by atoms with Gasteiger partial charge in [-0.15, -0.1) is 0 Å². The van der Waals surface area contributed by atoms with Crippen molar-refractivity contribution in [1.29, 1.82) is 0 Å². The number of hydrogen-bond acceptors (Lipinski definition) is 5. The molecule has 0 atom stereocenters. The van der Waals surface area contributed by atoms with Gasteiger partial charge in [0.15, 0.2) is 0 Å². The lowest BCUT2D eigenvalue weighted by molar-refractivity contribution is 0.000694. The summed E-state index contributed by atoms with van der Waals surface area (Å²) in [4.78, 5) is 4.21. The summed E-state index contributed by atoms with van der Waals surface area (Å²) in [7, 11) is 0. The zero-order valence-corrected chi connectivity index (χ0v) is 9.94. The average Bonchev–Trinajstić information content (AvgIpc) is 2.48. The van der Waals surface area contributed by atoms with E-state index in [1.807, 2.05) is 13.8 Å². The first kappa shape index (κ1) is 11.4. The Morgan fingerprint density at radius 3 is 2.71 bits per heavy atom. The third-order valence-corrected chi connectivity index (χ3v) is 2.49. The summed E-state index contributed by atoms with van der Waals surface area (Å²) in [5.74, 6) is 0.812. The Morgan fingerprint density at radius 2 is 2.21 bits per heavy atom. The van der Waals surface area contributed by atoms with Crippen LogP contribution in [0.1, 0.15) is 26.6 Å². The molecule has 0 radical (unpaired) electrons. The van der Waals surface area contributed by atoms with E-state index in [1.165, 1.54) is 11.5 Å². The quantitative estimate of drug-likeness (QED) is 0.817. The van der Waals surface area contributed by atoms with Crippen LogP contribution in [0.2, 0.25) is 0 Å². The molecule has 0 saturated carbocycles. The van der Waals surface area contributed by atoms with Crippen molar-refractivity contribution < 1.29 is 4.74 Å². The van der Waals surface area contributed by atoms with Gasteiger partial charge in [0, 0.05) is 24.7 Å². The highest BCUT2D eigenvalue weighted by molar-refractivity contribution is 7.09. The highest BCUT2D eigenvalue weighted by Gasteiger charge is 2.17. The third-order valence-electron chi connectivity index (χ3n) is 1.73. The van der Waals surface area contributed by atoms with Crippen molar-refractivity contribution in [2.75, 3.05) is 18.5 Å². The molecule has 14 heavy (non-hydrogen) atoms. The predicted octanol–water partition coefficient (Wildman–Crippen LogP) is 2.07. The summed E-state index contributed by atoms with van der Waals surface area (Å²) < 4.78 is 9.64. The minimum absolute atomic E-state index is 0.158. The number of anilines is 1. The molecule has 0 aliphatic rings. The molecule has 0 bridgehead atoms. The molecule has 1 aromatic rings. The van der Waals surface area contributed by atoms with Crippen molar-refractivity contribution in [2.24, 2.45) is 0 Å². The average molecular weight is 215 g/mol. The lowest BCUT2D eigenvalue weighted by Gasteiger charge is -2.24. The van der Waals surface area contributed by atoms with Gasteiger partial charge in [0.2, 0.25) is 5.13 Å². The van der Waals surface area contributed by atoms with Gasteiger partial charge in [-0.05, 0) is 27.7 Å². The van der Waals surface area contributed by atoms with Gasteiger partial charge in [0.05, 0.1) is 5.60 Å². The van der Waals surface area contributed by atoms with Crippen molar-refractivity contribution in [2.45, 2.75) is 33.3 Å². The Balaban J connectivity index is 2.40. The summed E-state index contributed by atoms with van der Waals surface area (Å²) in [6.07, 6.45) is 0. The minimum atomic E-state index is -0.158. The number of aryl methyl sites for hydroxylation is 1. The van der Waals surface area contributed by atoms with E-state index in [-0.39, 0.29) is 5.60 Å². The Morgan fingerprint density at radius 1 is 1.50 bits per heavy atom. The summed E-state index contributed by atoms with van der Waals surface area (Å²) in [5, 5.41) is 4.07. The van der Waals surface area contributed by atoms with Crippen molar-refractivity contribution in [3.8, 4) is 0 Å². The lowest BCUT2D eigenvalue weighted by atomic mass is 10.1. The Bertz CT molecular complexity index is 285. The molecule has 0 aromatic carbocycles. The molecule has 0 unspecified atom stereocenters. The van der Waals surface area contributed by atoms with Gasteiger partial charge in [-0.1, -0.05) is 0 Å². The fourth-order valence-electron chi connectivity index (χ4n) is 1.10. The molecule has 1 rings (SSSR count). The van der Waals surface area contributed by atoms with Crippen molar-refractivity contribution in [3.05, 3.63) is 5.82 Å². The van der Waals surface area contributed by atoms with Crippen LogP contribution in [0.25, 0.3) is 0 Å². The maximum absolute atomic E-state index is 5.55. The van der Waals surface area contributed by atoms with Crippen LogP contribution in [-0.4, -0.2) is 28.1 Å². The summed E-state index contributed by atoms with van der Waals surface area (Å²) in [6, 6.07) is 0. The fraction of sp³-hybridized carbons (Fsp3) is 0.778. The van der Waals surface area contributed by atoms with Crippen LogP contribution in [-0.2, 0) is 4.74 Å². The first-order valence-electron chi connectivity index (χ1n) is 4.71. The van der Waals surface area contributed by atoms with E-state index < -0.39 is 0 Å². The Hall–Kier alpha value is -0.680. The van der Waals surface area contributed by atoms with Gasteiger partial charge in [0.1, 0.15) is 5.82 Å². The Labute approximate surface area is 88.9 Å². The number of hydrogen-bond donors (Lipinski definition) is 1. The molecule has 5 heteroatoms. The minimum Gasteiger partial charge on any atom is -0.374 e. The molecule has 0 amide bonds. The molecular formula is C9H17N3OS. The van der Waals surface area contributed by atoms with Crippen LogP contribution in [0.3, 0.4) is 0 Å². The van der Waals surface area contributed by atoms with E-state index in [0.29, 0.717) is 0 Å². The normalized spacial score (nSPS) is 11.7. The second-order valence-corrected chi connectivity index (χ2v) is 4.44. The number of aromatic nitrogens is 2. The molecule has 1 heterocycles. The van der Waals surface area contributed by atoms with Crippen LogP contribution in [0, 0.1) is 6.92 Å². The van der Waals surface area contributed by atoms with E-state index >= 15 is 0 Å². The third kappa shape index (κ3) is 3.59. The van der Waals surface area contributed by atoms with Crippen LogP contribution >= 0.6 is 11.5 Å². The molecule has 1 aromatic heterocycles. The monoisotopic (exact) mass is 215 g/mol. The van der Waals surface area contributed by atoms with Crippen molar-refractivity contribution in [3.63, 3.8) is 0 Å². The van der Waals surface area contributed by atoms with Gasteiger partial charge in [0.25, 0.3) is 0 Å². The van der Waals surface area contributed by atoms with Gasteiger partial charge >= 0.3 is 0 Å². The van der Waals surface area contributed by atoms with Gasteiger partial charge in [-0.2, -0.15) is 4.37 Å². The topological polar surface area (TPSA) is 47.0 Å². The Kier molecular flexibility index (Phi) is 3.83. The zero-order chi connectivity index (χ0) is 10.6. The first-order chi connectivity index (χ1) is 6.53. The van der Waals surface area contributed by atoms with E-state index in [2.05, 4.69) is 28.5 Å². The molecule has 0 fully saturated rings. The van der Waals surface area contributed by atoms with Crippen LogP contribution in [0.15, 0.2) is 0 Å². The number of nitrogens with one attached hydrogen (secondary N) is 1. The number of rotatable bonds is 5. The molecule has 4 nitrogen and oxygen atoms in total. The molecule has 0 saturated heterocycles. The fourth-order valence-corrected chi connectivity index (χ4v) is 1.67. The second kappa shape index (κ2) is 4.70. The number of ether oxygens (including phenoxy) is 1. The van der Waals surface area contributed by atoms with Crippen molar-refractivity contribution >= 4 is 16.7 Å². The summed E-state index contributed by atoms with van der Waals surface area (Å²) in [5.41, 5.74) is -0.158. The predicted molar refractivity (Wildman–Crippen MR) is 58.8 cm³/mol. The van der Waals surface area contributed by atoms with E-state index in [0.717, 1.165) is 24.1 Å². The summed E-state index contributed by atoms with van der Waals surface area (Å²) in [6.45, 7) is 9.46. The largest absolute Gasteiger partial charge is 0.374 e. The van der Waals surface area contributed by atoms with Gasteiger partial charge in [-0.3, -0.25) is 0 Å². The molecule has 0 aliphatic heterocycles. The molecular weight excluding hydrogens is 198 g/mol. The highest BCUT2D eigenvalue weighted by Crippen LogP contribution is 2.14. The molecule has 80 valence electrons. The SMILES string of the molecule is CCOC(C)(C)CNc1nc(C)ns1. The van der Waals surface area contributed by atoms with E-state index in [1.54, 1.807) is 0 Å². The van der Waals surface area contributed by atoms with E-state index in [9.17, 15) is 0 Å². The first-order valence-corrected chi connectivity index (χ1v) is 5.49. The highest BCUT2D eigenvalue weighted by atomic mass is 32.1. The molecule has 1 N–H and O–H groups in total. The van der Waals surface area contributed by atoms with Gasteiger partial charge in [-0.25, -0.2) is 4.98 Å². The van der Waals surface area contributed by atoms with Crippen LogP contribution < -0.4 is 5.32 Å². The standard InChI is InChI=1S/C9H17N3OS/c1-5-13-9(3,4)6-10-8-11-7(2)12-14-8/h5-6H2,1-4H3,(H,10,11,12). The maximum atomic E-state index is 5.55. The van der Waals surface area contributed by atoms with Crippen LogP contribution in [0.5, 0.6) is 0 Å². The zero-order valence-electron chi connectivity index (χ0n) is 9.13. The number of nitrogens with zero attached hydrogens (tertiary/aromatic N) is 2. The van der Waals surface area contributed by atoms with Crippen LogP contribution in [0.4, 0.5) is 5.13 Å². The smallest absolute Gasteiger partial charge is 0.202 e. The van der Waals surface area contributed by atoms with Crippen molar-refractivity contribution in [1.82, 2.24) is 9.36 Å². The lowest BCUT2D eigenvalue weighted by Crippen LogP contribution is -2.33. The molecule has 0 aliphatic carbocycles. The van der Waals surface area contributed by atoms with E-state index in [4.69, 9.17) is 4.74 Å².